The quantitative estimate of drug-likeness (QED) is 0.193. The highest BCUT2D eigenvalue weighted by Gasteiger charge is 2.50. The third kappa shape index (κ3) is 5.49. The third-order valence-corrected chi connectivity index (χ3v) is 6.57. The van der Waals surface area contributed by atoms with Crippen LogP contribution in [-0.2, 0) is 20.0 Å². The van der Waals surface area contributed by atoms with E-state index in [-0.39, 0.29) is 0 Å². The minimum atomic E-state index is -1.70. The lowest BCUT2D eigenvalue weighted by molar-refractivity contribution is -0.338. The number of hydrogen-bond donors (Lipinski definition) is 8. The molecule has 2 fully saturated rings. The van der Waals surface area contributed by atoms with Crippen molar-refractivity contribution in [3.05, 3.63) is 29.8 Å². The zero-order valence-corrected chi connectivity index (χ0v) is 17.4. The molecule has 10 atom stereocenters. The van der Waals surface area contributed by atoms with Crippen molar-refractivity contribution in [2.45, 2.75) is 66.3 Å². The van der Waals surface area contributed by atoms with Crippen molar-refractivity contribution in [3.63, 3.8) is 0 Å². The van der Waals surface area contributed by atoms with Crippen LogP contribution in [0.4, 0.5) is 5.69 Å². The van der Waals surface area contributed by atoms with Gasteiger partial charge in [-0.05, 0) is 17.7 Å². The van der Waals surface area contributed by atoms with E-state index >= 15 is 0 Å². The van der Waals surface area contributed by atoms with Crippen LogP contribution in [0.1, 0.15) is 5.56 Å². The van der Waals surface area contributed by atoms with Crippen LogP contribution in [-0.4, -0.2) is 110 Å². The molecule has 0 aliphatic carbocycles. The molecule has 1 aromatic rings. The lowest BCUT2D eigenvalue weighted by Gasteiger charge is -2.46. The highest BCUT2D eigenvalue weighted by Crippen LogP contribution is 2.34. The van der Waals surface area contributed by atoms with E-state index in [1.165, 1.54) is 11.8 Å². The van der Waals surface area contributed by atoms with Crippen LogP contribution in [0.3, 0.4) is 0 Å². The smallest absolute Gasteiger partial charge is 0.187 e. The lowest BCUT2D eigenvalue weighted by Crippen LogP contribution is -2.64. The Morgan fingerprint density at radius 2 is 1.45 bits per heavy atom. The summed E-state index contributed by atoms with van der Waals surface area (Å²) in [5, 5.41) is 70.1. The predicted octanol–water partition coefficient (Wildman–Crippen LogP) is -2.87. The number of aliphatic hydroxyl groups is 7. The van der Waals surface area contributed by atoms with Crippen molar-refractivity contribution in [2.24, 2.45) is 0 Å². The average molecular weight is 464 g/mol. The molecule has 6 unspecified atom stereocenters. The highest BCUT2D eigenvalue weighted by atomic mass is 32.2. The largest absolute Gasteiger partial charge is 0.399 e. The molecule has 0 aromatic heterocycles. The lowest BCUT2D eigenvalue weighted by atomic mass is 9.97. The van der Waals surface area contributed by atoms with Crippen LogP contribution in [0.2, 0.25) is 0 Å². The summed E-state index contributed by atoms with van der Waals surface area (Å²) in [7, 11) is 0. The predicted molar refractivity (Wildman–Crippen MR) is 109 cm³/mol. The van der Waals surface area contributed by atoms with Crippen molar-refractivity contribution in [1.82, 2.24) is 0 Å². The molecule has 2 aliphatic rings. The van der Waals surface area contributed by atoms with Crippen LogP contribution in [0.25, 0.3) is 0 Å². The van der Waals surface area contributed by atoms with E-state index in [0.29, 0.717) is 11.4 Å². The summed E-state index contributed by atoms with van der Waals surface area (Å²) in [5.41, 5.74) is 6.32. The van der Waals surface area contributed by atoms with Gasteiger partial charge in [0.25, 0.3) is 0 Å². The van der Waals surface area contributed by atoms with Gasteiger partial charge in [0.2, 0.25) is 0 Å². The fourth-order valence-corrected chi connectivity index (χ4v) is 4.61. The van der Waals surface area contributed by atoms with E-state index in [0.717, 1.165) is 5.56 Å². The summed E-state index contributed by atoms with van der Waals surface area (Å²) in [6.45, 7) is -1.21. The molecule has 176 valence electrons. The molecule has 0 spiro atoms. The molecule has 2 saturated heterocycles. The fourth-order valence-electron chi connectivity index (χ4n) is 3.49. The summed E-state index contributed by atoms with van der Waals surface area (Å²) in [6.07, 6.45) is -13.0. The maximum absolute atomic E-state index is 10.6. The topological polar surface area (TPSA) is 195 Å². The first kappa shape index (κ1) is 24.6. The Bertz CT molecular complexity index is 693. The monoisotopic (exact) mass is 463 g/mol. The Balaban J connectivity index is 1.65. The normalized spacial score (nSPS) is 41.3. The Labute approximate surface area is 183 Å². The van der Waals surface area contributed by atoms with Crippen molar-refractivity contribution < 1.29 is 50.0 Å². The van der Waals surface area contributed by atoms with Gasteiger partial charge in [-0.25, -0.2) is 0 Å². The van der Waals surface area contributed by atoms with E-state index in [1.54, 1.807) is 12.1 Å². The first-order chi connectivity index (χ1) is 14.8. The molecule has 31 heavy (non-hydrogen) atoms. The van der Waals surface area contributed by atoms with Gasteiger partial charge in [-0.3, -0.25) is 0 Å². The molecule has 12 heteroatoms. The summed E-state index contributed by atoms with van der Waals surface area (Å²) >= 11 is 1.21. The Morgan fingerprint density at radius 3 is 2.06 bits per heavy atom. The number of rotatable bonds is 7. The number of nitrogens with two attached hydrogens (primary N) is 1. The molecule has 0 radical (unpaired) electrons. The molecule has 1 aromatic carbocycles. The summed E-state index contributed by atoms with van der Waals surface area (Å²) in [6, 6.07) is 7.12. The van der Waals surface area contributed by atoms with Gasteiger partial charge in [0, 0.05) is 11.4 Å². The van der Waals surface area contributed by atoms with Gasteiger partial charge in [0.05, 0.1) is 13.2 Å². The standard InChI is InChI=1S/C19H29NO10S/c20-9-3-1-8(2-4-9)7-31-19-16(27)14(25)17(11(6-22)29-19)30-18-15(26)13(24)12(23)10(5-21)28-18/h1-4,10-19,21-27H,5-7,20H2/t10?,11?,12-,13?,14?,15?,16?,17-,18-,19-/m0/s1. The molecule has 2 heterocycles. The first-order valence-corrected chi connectivity index (χ1v) is 10.9. The van der Waals surface area contributed by atoms with E-state index in [4.69, 9.17) is 19.9 Å². The number of hydrogen-bond acceptors (Lipinski definition) is 12. The number of anilines is 1. The molecule has 11 nitrogen and oxygen atoms in total. The molecule has 0 bridgehead atoms. The van der Waals surface area contributed by atoms with Gasteiger partial charge in [-0.2, -0.15) is 0 Å². The molecule has 0 saturated carbocycles. The maximum atomic E-state index is 10.6. The molecule has 0 amide bonds. The van der Waals surface area contributed by atoms with Crippen LogP contribution >= 0.6 is 11.8 Å². The number of benzene rings is 1. The van der Waals surface area contributed by atoms with E-state index in [1.807, 2.05) is 12.1 Å². The highest BCUT2D eigenvalue weighted by molar-refractivity contribution is 7.99. The number of aliphatic hydroxyl groups excluding tert-OH is 7. The first-order valence-electron chi connectivity index (χ1n) is 9.81. The molecule has 3 rings (SSSR count). The van der Waals surface area contributed by atoms with Crippen LogP contribution in [0, 0.1) is 0 Å². The summed E-state index contributed by atoms with van der Waals surface area (Å²) < 4.78 is 16.5. The van der Waals surface area contributed by atoms with Gasteiger partial charge < -0.3 is 55.7 Å². The Hall–Kier alpha value is -1.03. The van der Waals surface area contributed by atoms with Crippen molar-refractivity contribution in [3.8, 4) is 0 Å². The zero-order valence-electron chi connectivity index (χ0n) is 16.5. The molecule has 2 aliphatic heterocycles. The van der Waals surface area contributed by atoms with Gasteiger partial charge in [0.1, 0.15) is 54.3 Å². The molecular formula is C19H29NO10S. The third-order valence-electron chi connectivity index (χ3n) is 5.35. The second kappa shape index (κ2) is 10.7. The fraction of sp³-hybridized carbons (Fsp3) is 0.684. The summed E-state index contributed by atoms with van der Waals surface area (Å²) in [5.74, 6) is 0.450. The van der Waals surface area contributed by atoms with E-state index in [9.17, 15) is 35.7 Å². The Kier molecular flexibility index (Phi) is 8.51. The van der Waals surface area contributed by atoms with Crippen LogP contribution in [0.15, 0.2) is 24.3 Å². The van der Waals surface area contributed by atoms with Crippen LogP contribution < -0.4 is 5.73 Å². The second-order valence-electron chi connectivity index (χ2n) is 7.56. The van der Waals surface area contributed by atoms with Gasteiger partial charge in [-0.15, -0.1) is 11.8 Å². The van der Waals surface area contributed by atoms with E-state index < -0.39 is 73.8 Å². The number of nitrogen functional groups attached to an aromatic ring is 1. The van der Waals surface area contributed by atoms with Gasteiger partial charge in [-0.1, -0.05) is 12.1 Å². The maximum Gasteiger partial charge on any atom is 0.187 e. The molecular weight excluding hydrogens is 434 g/mol. The van der Waals surface area contributed by atoms with Gasteiger partial charge >= 0.3 is 0 Å². The van der Waals surface area contributed by atoms with E-state index in [2.05, 4.69) is 0 Å². The minimum Gasteiger partial charge on any atom is -0.399 e. The van der Waals surface area contributed by atoms with Gasteiger partial charge in [0.15, 0.2) is 6.29 Å². The van der Waals surface area contributed by atoms with Crippen molar-refractivity contribution >= 4 is 17.4 Å². The number of ether oxygens (including phenoxy) is 3. The van der Waals surface area contributed by atoms with Crippen molar-refractivity contribution in [1.29, 1.82) is 0 Å². The second-order valence-corrected chi connectivity index (χ2v) is 8.64. The minimum absolute atomic E-state index is 0.450. The molecule has 9 N–H and O–H groups in total. The zero-order chi connectivity index (χ0) is 22.7. The average Bonchev–Trinajstić information content (AvgIpc) is 2.77. The Morgan fingerprint density at radius 1 is 0.806 bits per heavy atom. The van der Waals surface area contributed by atoms with Crippen molar-refractivity contribution in [2.75, 3.05) is 18.9 Å². The SMILES string of the molecule is Nc1ccc(CS[C@@H]2OC(CO)[C@H](O[C@@H]3OC(CO)[C@H](O)C(O)C3O)C(O)C2O)cc1. The van der Waals surface area contributed by atoms with Crippen LogP contribution in [0.5, 0.6) is 0 Å². The number of thioether (sulfide) groups is 1. The summed E-state index contributed by atoms with van der Waals surface area (Å²) in [4.78, 5) is 0.